The quantitative estimate of drug-likeness (QED) is 0.569. The number of ether oxygens (including phenoxy) is 3. The van der Waals surface area contributed by atoms with Crippen molar-refractivity contribution < 1.29 is 23.8 Å². The number of benzene rings is 2. The van der Waals surface area contributed by atoms with Gasteiger partial charge in [0.15, 0.2) is 23.9 Å². The lowest BCUT2D eigenvalue weighted by atomic mass is 10.1. The zero-order valence-corrected chi connectivity index (χ0v) is 14.7. The van der Waals surface area contributed by atoms with Gasteiger partial charge in [0.05, 0.1) is 19.8 Å². The first kappa shape index (κ1) is 18.3. The molecule has 0 N–H and O–H groups in total. The Morgan fingerprint density at radius 2 is 1.48 bits per heavy atom. The van der Waals surface area contributed by atoms with Crippen LogP contribution in [0.4, 0.5) is 5.69 Å². The SMILES string of the molecule is COc1ccc(C(=O)COC(=O)c2ccc(N(C)C)cc2)cc1OC. The van der Waals surface area contributed by atoms with Gasteiger partial charge in [-0.15, -0.1) is 0 Å². The lowest BCUT2D eigenvalue weighted by Gasteiger charge is -2.12. The first-order valence-corrected chi connectivity index (χ1v) is 7.66. The molecule has 0 unspecified atom stereocenters. The van der Waals surface area contributed by atoms with Crippen LogP contribution < -0.4 is 14.4 Å². The molecule has 0 saturated heterocycles. The minimum absolute atomic E-state index is 0.320. The molecule has 132 valence electrons. The van der Waals surface area contributed by atoms with Gasteiger partial charge in [-0.1, -0.05) is 0 Å². The number of nitrogens with zero attached hydrogens (tertiary/aromatic N) is 1. The van der Waals surface area contributed by atoms with Crippen molar-refractivity contribution in [1.29, 1.82) is 0 Å². The molecular formula is C19H21NO5. The van der Waals surface area contributed by atoms with Crippen LogP contribution in [0, 0.1) is 0 Å². The van der Waals surface area contributed by atoms with E-state index < -0.39 is 5.97 Å². The van der Waals surface area contributed by atoms with Gasteiger partial charge in [-0.2, -0.15) is 0 Å². The van der Waals surface area contributed by atoms with Crippen LogP contribution in [0.1, 0.15) is 20.7 Å². The number of hydrogen-bond acceptors (Lipinski definition) is 6. The summed E-state index contributed by atoms with van der Waals surface area (Å²) in [7, 11) is 6.83. The maximum Gasteiger partial charge on any atom is 0.338 e. The highest BCUT2D eigenvalue weighted by Gasteiger charge is 2.14. The van der Waals surface area contributed by atoms with E-state index in [0.29, 0.717) is 22.6 Å². The number of anilines is 1. The van der Waals surface area contributed by atoms with Crippen LogP contribution in [-0.2, 0) is 4.74 Å². The molecule has 0 saturated carbocycles. The van der Waals surface area contributed by atoms with Crippen molar-refractivity contribution in [2.45, 2.75) is 0 Å². The molecule has 0 aromatic heterocycles. The summed E-state index contributed by atoms with van der Waals surface area (Å²) in [6, 6.07) is 11.7. The van der Waals surface area contributed by atoms with E-state index in [1.165, 1.54) is 14.2 Å². The van der Waals surface area contributed by atoms with E-state index in [9.17, 15) is 9.59 Å². The Morgan fingerprint density at radius 3 is 2.04 bits per heavy atom. The summed E-state index contributed by atoms with van der Waals surface area (Å²) >= 11 is 0. The molecule has 25 heavy (non-hydrogen) atoms. The van der Waals surface area contributed by atoms with Crippen LogP contribution in [0.5, 0.6) is 11.5 Å². The fourth-order valence-corrected chi connectivity index (χ4v) is 2.20. The van der Waals surface area contributed by atoms with Gasteiger partial charge >= 0.3 is 5.97 Å². The van der Waals surface area contributed by atoms with E-state index in [-0.39, 0.29) is 12.4 Å². The lowest BCUT2D eigenvalue weighted by Crippen LogP contribution is -2.15. The third-order valence-electron chi connectivity index (χ3n) is 3.66. The molecule has 2 rings (SSSR count). The summed E-state index contributed by atoms with van der Waals surface area (Å²) in [6.45, 7) is -0.344. The average molecular weight is 343 g/mol. The van der Waals surface area contributed by atoms with Crippen molar-refractivity contribution in [1.82, 2.24) is 0 Å². The van der Waals surface area contributed by atoms with Crippen LogP contribution in [0.15, 0.2) is 42.5 Å². The number of rotatable bonds is 7. The van der Waals surface area contributed by atoms with Crippen molar-refractivity contribution >= 4 is 17.4 Å². The number of carbonyl (C=O) groups is 2. The highest BCUT2D eigenvalue weighted by molar-refractivity contribution is 5.99. The summed E-state index contributed by atoms with van der Waals surface area (Å²) in [4.78, 5) is 26.2. The zero-order valence-electron chi connectivity index (χ0n) is 14.7. The molecule has 0 aliphatic heterocycles. The third-order valence-corrected chi connectivity index (χ3v) is 3.66. The standard InChI is InChI=1S/C19H21NO5/c1-20(2)15-8-5-13(6-9-15)19(22)25-12-16(21)14-7-10-17(23-3)18(11-14)24-4/h5-11H,12H2,1-4H3. The zero-order chi connectivity index (χ0) is 18.4. The summed E-state index contributed by atoms with van der Waals surface area (Å²) in [6.07, 6.45) is 0. The number of esters is 1. The van der Waals surface area contributed by atoms with Gasteiger partial charge in [-0.25, -0.2) is 4.79 Å². The molecule has 0 aliphatic rings. The van der Waals surface area contributed by atoms with E-state index in [1.54, 1.807) is 30.3 Å². The molecule has 0 bridgehead atoms. The Bertz CT molecular complexity index is 753. The minimum atomic E-state index is -0.542. The number of methoxy groups -OCH3 is 2. The van der Waals surface area contributed by atoms with Crippen LogP contribution in [0.25, 0.3) is 0 Å². The Balaban J connectivity index is 2.00. The van der Waals surface area contributed by atoms with Crippen molar-refractivity contribution in [3.8, 4) is 11.5 Å². The summed E-state index contributed by atoms with van der Waals surface area (Å²) in [5.41, 5.74) is 1.75. The summed E-state index contributed by atoms with van der Waals surface area (Å²) < 4.78 is 15.4. The lowest BCUT2D eigenvalue weighted by molar-refractivity contribution is 0.0474. The maximum atomic E-state index is 12.2. The fourth-order valence-electron chi connectivity index (χ4n) is 2.20. The van der Waals surface area contributed by atoms with E-state index in [1.807, 2.05) is 31.1 Å². The molecule has 0 spiro atoms. The van der Waals surface area contributed by atoms with Crippen molar-refractivity contribution in [3.05, 3.63) is 53.6 Å². The Morgan fingerprint density at radius 1 is 0.880 bits per heavy atom. The summed E-state index contributed by atoms with van der Waals surface area (Å²) in [5, 5.41) is 0. The molecule has 0 atom stereocenters. The largest absolute Gasteiger partial charge is 0.493 e. The van der Waals surface area contributed by atoms with Crippen LogP contribution in [0.2, 0.25) is 0 Å². The predicted molar refractivity (Wildman–Crippen MR) is 94.9 cm³/mol. The highest BCUT2D eigenvalue weighted by Crippen LogP contribution is 2.27. The molecule has 0 heterocycles. The molecule has 0 aliphatic carbocycles. The minimum Gasteiger partial charge on any atom is -0.493 e. The van der Waals surface area contributed by atoms with E-state index in [4.69, 9.17) is 14.2 Å². The smallest absolute Gasteiger partial charge is 0.338 e. The number of Topliss-reactive ketones (excluding diaryl/α,β-unsaturated/α-hetero) is 1. The Kier molecular flexibility index (Phi) is 6.00. The summed E-state index contributed by atoms with van der Waals surface area (Å²) in [5.74, 6) is 0.106. The topological polar surface area (TPSA) is 65.1 Å². The predicted octanol–water partition coefficient (Wildman–Crippen LogP) is 2.81. The molecule has 0 amide bonds. The van der Waals surface area contributed by atoms with Crippen molar-refractivity contribution in [2.24, 2.45) is 0 Å². The number of hydrogen-bond donors (Lipinski definition) is 0. The second-order valence-electron chi connectivity index (χ2n) is 5.51. The van der Waals surface area contributed by atoms with Crippen molar-refractivity contribution in [3.63, 3.8) is 0 Å². The average Bonchev–Trinajstić information content (AvgIpc) is 2.65. The van der Waals surface area contributed by atoms with Gasteiger partial charge in [0.2, 0.25) is 0 Å². The molecule has 6 heteroatoms. The molecule has 6 nitrogen and oxygen atoms in total. The van der Waals surface area contributed by atoms with E-state index >= 15 is 0 Å². The maximum absolute atomic E-state index is 12.2. The van der Waals surface area contributed by atoms with Crippen LogP contribution in [0.3, 0.4) is 0 Å². The van der Waals surface area contributed by atoms with Gasteiger partial charge in [-0.3, -0.25) is 4.79 Å². The van der Waals surface area contributed by atoms with E-state index in [0.717, 1.165) is 5.69 Å². The molecule has 2 aromatic rings. The van der Waals surface area contributed by atoms with Crippen LogP contribution >= 0.6 is 0 Å². The first-order valence-electron chi connectivity index (χ1n) is 7.66. The first-order chi connectivity index (χ1) is 12.0. The molecular weight excluding hydrogens is 322 g/mol. The molecule has 0 fully saturated rings. The number of ketones is 1. The van der Waals surface area contributed by atoms with Gasteiger partial charge in [0, 0.05) is 25.3 Å². The van der Waals surface area contributed by atoms with Gasteiger partial charge in [0.1, 0.15) is 0 Å². The second-order valence-corrected chi connectivity index (χ2v) is 5.51. The monoisotopic (exact) mass is 343 g/mol. The normalized spacial score (nSPS) is 10.1. The van der Waals surface area contributed by atoms with Crippen molar-refractivity contribution in [2.75, 3.05) is 39.8 Å². The van der Waals surface area contributed by atoms with Gasteiger partial charge in [-0.05, 0) is 42.5 Å². The molecule has 2 aromatic carbocycles. The Hall–Kier alpha value is -3.02. The van der Waals surface area contributed by atoms with E-state index in [2.05, 4.69) is 0 Å². The Labute approximate surface area is 146 Å². The third kappa shape index (κ3) is 4.50. The fraction of sp³-hybridized carbons (Fsp3) is 0.263. The second kappa shape index (κ2) is 8.19. The van der Waals surface area contributed by atoms with Crippen LogP contribution in [-0.4, -0.2) is 46.7 Å². The van der Waals surface area contributed by atoms with Gasteiger partial charge in [0.25, 0.3) is 0 Å². The molecule has 0 radical (unpaired) electrons. The van der Waals surface area contributed by atoms with Gasteiger partial charge < -0.3 is 19.1 Å². The highest BCUT2D eigenvalue weighted by atomic mass is 16.5. The number of carbonyl (C=O) groups excluding carboxylic acids is 2.